The summed E-state index contributed by atoms with van der Waals surface area (Å²) in [5.41, 5.74) is 0. The first kappa shape index (κ1) is 14.0. The van der Waals surface area contributed by atoms with Crippen LogP contribution >= 0.6 is 23.5 Å². The highest BCUT2D eigenvalue weighted by Crippen LogP contribution is 2.16. The smallest absolute Gasteiger partial charge is 0.191 e. The van der Waals surface area contributed by atoms with Crippen LogP contribution in [0.15, 0.2) is 4.99 Å². The highest BCUT2D eigenvalue weighted by molar-refractivity contribution is 7.99. The van der Waals surface area contributed by atoms with Crippen LogP contribution in [0.2, 0.25) is 0 Å². The maximum absolute atomic E-state index is 4.26. The Balaban J connectivity index is 2.15. The van der Waals surface area contributed by atoms with Crippen molar-refractivity contribution in [3.8, 4) is 0 Å². The molecule has 5 heteroatoms. The van der Waals surface area contributed by atoms with Gasteiger partial charge in [0.2, 0.25) is 0 Å². The van der Waals surface area contributed by atoms with Gasteiger partial charge in [-0.15, -0.1) is 0 Å². The van der Waals surface area contributed by atoms with Gasteiger partial charge in [-0.3, -0.25) is 4.99 Å². The number of nitrogens with one attached hydrogen (secondary N) is 2. The van der Waals surface area contributed by atoms with Gasteiger partial charge in [0.1, 0.15) is 0 Å². The van der Waals surface area contributed by atoms with E-state index in [0.717, 1.165) is 12.5 Å². The van der Waals surface area contributed by atoms with Crippen molar-refractivity contribution in [2.24, 2.45) is 4.99 Å². The van der Waals surface area contributed by atoms with Crippen LogP contribution in [0.5, 0.6) is 0 Å². The molecule has 0 aromatic rings. The second-order valence-corrected chi connectivity index (χ2v) is 6.04. The molecule has 0 aromatic carbocycles. The Morgan fingerprint density at radius 1 is 1.56 bits per heavy atom. The molecule has 1 rings (SSSR count). The Morgan fingerprint density at radius 3 is 3.06 bits per heavy atom. The van der Waals surface area contributed by atoms with Gasteiger partial charge in [-0.25, -0.2) is 0 Å². The Morgan fingerprint density at radius 2 is 2.44 bits per heavy atom. The van der Waals surface area contributed by atoms with E-state index < -0.39 is 0 Å². The standard InChI is InChI=1S/C11H23N3S2/c1-12-11(13-6-4-7-15-2)14-10-5-3-8-16-9-10/h10H,3-9H2,1-2H3,(H2,12,13,14). The van der Waals surface area contributed by atoms with Gasteiger partial charge in [-0.1, -0.05) is 0 Å². The minimum Gasteiger partial charge on any atom is -0.356 e. The van der Waals surface area contributed by atoms with E-state index in [1.54, 1.807) is 0 Å². The van der Waals surface area contributed by atoms with E-state index in [4.69, 9.17) is 0 Å². The number of nitrogens with zero attached hydrogens (tertiary/aromatic N) is 1. The normalized spacial score (nSPS) is 21.9. The van der Waals surface area contributed by atoms with Gasteiger partial charge in [0.25, 0.3) is 0 Å². The van der Waals surface area contributed by atoms with Crippen molar-refractivity contribution in [2.75, 3.05) is 37.1 Å². The third kappa shape index (κ3) is 5.89. The minimum atomic E-state index is 0.602. The summed E-state index contributed by atoms with van der Waals surface area (Å²) in [6.45, 7) is 1.01. The lowest BCUT2D eigenvalue weighted by molar-refractivity contribution is 0.582. The van der Waals surface area contributed by atoms with E-state index in [2.05, 4.69) is 21.9 Å². The van der Waals surface area contributed by atoms with Crippen LogP contribution in [0.25, 0.3) is 0 Å². The van der Waals surface area contributed by atoms with Crippen molar-refractivity contribution in [1.29, 1.82) is 0 Å². The first-order valence-corrected chi connectivity index (χ1v) is 8.45. The molecule has 1 heterocycles. The summed E-state index contributed by atoms with van der Waals surface area (Å²) in [7, 11) is 1.85. The summed E-state index contributed by atoms with van der Waals surface area (Å²) in [4.78, 5) is 4.26. The van der Waals surface area contributed by atoms with Crippen molar-refractivity contribution in [3.05, 3.63) is 0 Å². The fourth-order valence-electron chi connectivity index (χ4n) is 1.67. The fraction of sp³-hybridized carbons (Fsp3) is 0.909. The summed E-state index contributed by atoms with van der Waals surface area (Å²) < 4.78 is 0. The number of thioether (sulfide) groups is 2. The predicted octanol–water partition coefficient (Wildman–Crippen LogP) is 1.80. The molecule has 0 aliphatic carbocycles. The average Bonchev–Trinajstić information content (AvgIpc) is 2.34. The van der Waals surface area contributed by atoms with E-state index in [9.17, 15) is 0 Å². The molecule has 1 unspecified atom stereocenters. The largest absolute Gasteiger partial charge is 0.356 e. The lowest BCUT2D eigenvalue weighted by Crippen LogP contribution is -2.45. The number of hydrogen-bond donors (Lipinski definition) is 2. The second kappa shape index (κ2) is 9.05. The van der Waals surface area contributed by atoms with Crippen LogP contribution < -0.4 is 10.6 Å². The van der Waals surface area contributed by atoms with Gasteiger partial charge >= 0.3 is 0 Å². The van der Waals surface area contributed by atoms with E-state index in [1.807, 2.05) is 30.6 Å². The van der Waals surface area contributed by atoms with Crippen LogP contribution in [0.3, 0.4) is 0 Å². The van der Waals surface area contributed by atoms with Crippen LogP contribution in [0.1, 0.15) is 19.3 Å². The first-order chi connectivity index (χ1) is 7.86. The van der Waals surface area contributed by atoms with Gasteiger partial charge in [0.15, 0.2) is 5.96 Å². The molecular weight excluding hydrogens is 238 g/mol. The van der Waals surface area contributed by atoms with E-state index in [-0.39, 0.29) is 0 Å². The Labute approximate surface area is 108 Å². The molecule has 94 valence electrons. The molecule has 1 fully saturated rings. The molecule has 1 aliphatic heterocycles. The molecule has 0 radical (unpaired) electrons. The van der Waals surface area contributed by atoms with Gasteiger partial charge in [0.05, 0.1) is 0 Å². The number of aliphatic imine (C=N–C) groups is 1. The van der Waals surface area contributed by atoms with Crippen molar-refractivity contribution in [3.63, 3.8) is 0 Å². The highest BCUT2D eigenvalue weighted by atomic mass is 32.2. The zero-order chi connectivity index (χ0) is 11.6. The number of rotatable bonds is 5. The molecule has 0 spiro atoms. The topological polar surface area (TPSA) is 36.4 Å². The van der Waals surface area contributed by atoms with Crippen molar-refractivity contribution < 1.29 is 0 Å². The lowest BCUT2D eigenvalue weighted by Gasteiger charge is -2.24. The molecule has 1 aliphatic rings. The summed E-state index contributed by atoms with van der Waals surface area (Å²) in [6, 6.07) is 0.602. The zero-order valence-electron chi connectivity index (χ0n) is 10.3. The fourth-order valence-corrected chi connectivity index (χ4v) is 3.17. The van der Waals surface area contributed by atoms with E-state index in [0.29, 0.717) is 6.04 Å². The first-order valence-electron chi connectivity index (χ1n) is 5.90. The van der Waals surface area contributed by atoms with Crippen LogP contribution in [-0.4, -0.2) is 49.1 Å². The van der Waals surface area contributed by atoms with E-state index >= 15 is 0 Å². The van der Waals surface area contributed by atoms with Crippen molar-refractivity contribution in [1.82, 2.24) is 10.6 Å². The molecule has 1 saturated heterocycles. The third-order valence-corrected chi connectivity index (χ3v) is 4.45. The van der Waals surface area contributed by atoms with Gasteiger partial charge in [-0.2, -0.15) is 23.5 Å². The third-order valence-electron chi connectivity index (χ3n) is 2.54. The SMILES string of the molecule is CN=C(NCCCSC)NC1CCCSC1. The van der Waals surface area contributed by atoms with Crippen molar-refractivity contribution in [2.45, 2.75) is 25.3 Å². The maximum atomic E-state index is 4.26. The summed E-state index contributed by atoms with van der Waals surface area (Å²) in [6.07, 6.45) is 5.94. The minimum absolute atomic E-state index is 0.602. The van der Waals surface area contributed by atoms with Crippen LogP contribution in [-0.2, 0) is 0 Å². The van der Waals surface area contributed by atoms with Gasteiger partial charge in [0, 0.05) is 25.4 Å². The van der Waals surface area contributed by atoms with Gasteiger partial charge < -0.3 is 10.6 Å². The number of hydrogen-bond acceptors (Lipinski definition) is 3. The summed E-state index contributed by atoms with van der Waals surface area (Å²) in [5, 5.41) is 6.86. The molecule has 0 bridgehead atoms. The van der Waals surface area contributed by atoms with E-state index in [1.165, 1.54) is 36.5 Å². The van der Waals surface area contributed by atoms with Crippen LogP contribution in [0, 0.1) is 0 Å². The highest BCUT2D eigenvalue weighted by Gasteiger charge is 2.14. The Hall–Kier alpha value is -0.0300. The zero-order valence-corrected chi connectivity index (χ0v) is 11.9. The summed E-state index contributed by atoms with van der Waals surface area (Å²) in [5.74, 6) is 4.71. The molecule has 0 saturated carbocycles. The lowest BCUT2D eigenvalue weighted by atomic mass is 10.2. The Kier molecular flexibility index (Phi) is 7.93. The molecule has 3 nitrogen and oxygen atoms in total. The molecular formula is C11H23N3S2. The second-order valence-electron chi connectivity index (χ2n) is 3.90. The molecule has 2 N–H and O–H groups in total. The molecule has 16 heavy (non-hydrogen) atoms. The molecule has 0 amide bonds. The quantitative estimate of drug-likeness (QED) is 0.449. The predicted molar refractivity (Wildman–Crippen MR) is 77.8 cm³/mol. The summed E-state index contributed by atoms with van der Waals surface area (Å²) >= 11 is 3.93. The van der Waals surface area contributed by atoms with Crippen molar-refractivity contribution >= 4 is 29.5 Å². The number of guanidine groups is 1. The average molecular weight is 261 g/mol. The Bertz CT molecular complexity index is 203. The maximum Gasteiger partial charge on any atom is 0.191 e. The molecule has 0 aromatic heterocycles. The van der Waals surface area contributed by atoms with Gasteiger partial charge in [-0.05, 0) is 37.0 Å². The molecule has 1 atom stereocenters. The van der Waals surface area contributed by atoms with Crippen LogP contribution in [0.4, 0.5) is 0 Å². The monoisotopic (exact) mass is 261 g/mol.